The summed E-state index contributed by atoms with van der Waals surface area (Å²) < 4.78 is 5.08. The largest absolute Gasteiger partial charge is 0.504 e. The highest BCUT2D eigenvalue weighted by Crippen LogP contribution is 2.27. The van der Waals surface area contributed by atoms with Crippen LogP contribution in [0.5, 0.6) is 11.5 Å². The number of methoxy groups -OCH3 is 1. The predicted octanol–water partition coefficient (Wildman–Crippen LogP) is 1.78. The maximum atomic E-state index is 12.3. The summed E-state index contributed by atoms with van der Waals surface area (Å²) in [5, 5.41) is 12.8. The lowest BCUT2D eigenvalue weighted by molar-refractivity contribution is -0.135. The Morgan fingerprint density at radius 3 is 2.71 bits per heavy atom. The second-order valence-corrected chi connectivity index (χ2v) is 5.22. The molecule has 1 fully saturated rings. The Labute approximate surface area is 131 Å². The van der Waals surface area contributed by atoms with Crippen molar-refractivity contribution in [2.45, 2.75) is 19.4 Å². The van der Waals surface area contributed by atoms with Crippen LogP contribution in [0.1, 0.15) is 18.4 Å². The van der Waals surface area contributed by atoms with Crippen molar-refractivity contribution in [1.82, 2.24) is 10.2 Å². The van der Waals surface area contributed by atoms with E-state index in [1.165, 1.54) is 7.11 Å². The highest BCUT2D eigenvalue weighted by atomic mass is 35.5. The van der Waals surface area contributed by atoms with Crippen molar-refractivity contribution in [1.29, 1.82) is 0 Å². The number of aromatic hydroxyl groups is 1. The first kappa shape index (κ1) is 17.6. The monoisotopic (exact) mass is 314 g/mol. The van der Waals surface area contributed by atoms with E-state index in [0.29, 0.717) is 12.3 Å². The van der Waals surface area contributed by atoms with Gasteiger partial charge in [-0.15, -0.1) is 12.4 Å². The summed E-state index contributed by atoms with van der Waals surface area (Å²) in [6.07, 6.45) is 1.81. The summed E-state index contributed by atoms with van der Waals surface area (Å²) in [6.45, 7) is 2.36. The Balaban J connectivity index is 0.00000220. The number of phenols is 1. The van der Waals surface area contributed by atoms with Gasteiger partial charge in [-0.1, -0.05) is 6.07 Å². The molecule has 0 spiro atoms. The molecule has 1 amide bonds. The van der Waals surface area contributed by atoms with Crippen molar-refractivity contribution in [2.75, 3.05) is 27.2 Å². The Bertz CT molecular complexity index is 476. The van der Waals surface area contributed by atoms with Crippen LogP contribution in [0.25, 0.3) is 0 Å². The second kappa shape index (κ2) is 8.10. The van der Waals surface area contributed by atoms with E-state index in [2.05, 4.69) is 5.32 Å². The Hall–Kier alpha value is -1.46. The molecule has 1 saturated heterocycles. The van der Waals surface area contributed by atoms with Gasteiger partial charge in [-0.3, -0.25) is 4.79 Å². The summed E-state index contributed by atoms with van der Waals surface area (Å²) in [4.78, 5) is 14.1. The predicted molar refractivity (Wildman–Crippen MR) is 84.0 cm³/mol. The van der Waals surface area contributed by atoms with Gasteiger partial charge in [0.05, 0.1) is 7.11 Å². The summed E-state index contributed by atoms with van der Waals surface area (Å²) in [5.41, 5.74) is 0.949. The third kappa shape index (κ3) is 4.51. The van der Waals surface area contributed by atoms with Crippen LogP contribution in [0, 0.1) is 5.92 Å². The van der Waals surface area contributed by atoms with E-state index in [9.17, 15) is 9.90 Å². The molecule has 1 heterocycles. The Kier molecular flexibility index (Phi) is 6.78. The standard InChI is InChI=1S/C15H22N2O3.ClH/c1-17(15(19)12-5-7-16-8-6-12)10-11-3-4-13(18)14(9-11)20-2;/h3-4,9,12,16,18H,5-8,10H2,1-2H3;1H. The van der Waals surface area contributed by atoms with E-state index < -0.39 is 0 Å². The third-order valence-electron chi connectivity index (χ3n) is 3.73. The maximum Gasteiger partial charge on any atom is 0.225 e. The van der Waals surface area contributed by atoms with E-state index in [4.69, 9.17) is 4.74 Å². The van der Waals surface area contributed by atoms with Gasteiger partial charge < -0.3 is 20.1 Å². The molecule has 2 N–H and O–H groups in total. The number of carbonyl (C=O) groups excluding carboxylic acids is 1. The van der Waals surface area contributed by atoms with Gasteiger partial charge in [-0.05, 0) is 43.6 Å². The van der Waals surface area contributed by atoms with Crippen LogP contribution >= 0.6 is 12.4 Å². The van der Waals surface area contributed by atoms with Crippen LogP contribution in [-0.4, -0.2) is 43.2 Å². The minimum atomic E-state index is 0. The van der Waals surface area contributed by atoms with Crippen LogP contribution in [0.2, 0.25) is 0 Å². The van der Waals surface area contributed by atoms with Crippen LogP contribution in [-0.2, 0) is 11.3 Å². The highest BCUT2D eigenvalue weighted by Gasteiger charge is 2.23. The number of phenolic OH excluding ortho intramolecular Hbond substituents is 1. The van der Waals surface area contributed by atoms with E-state index in [-0.39, 0.29) is 30.0 Å². The molecule has 0 saturated carbocycles. The number of carbonyl (C=O) groups is 1. The van der Waals surface area contributed by atoms with Gasteiger partial charge in [0.15, 0.2) is 11.5 Å². The van der Waals surface area contributed by atoms with Gasteiger partial charge in [0.1, 0.15) is 0 Å². The summed E-state index contributed by atoms with van der Waals surface area (Å²) >= 11 is 0. The molecule has 0 unspecified atom stereocenters. The minimum absolute atomic E-state index is 0. The molecule has 21 heavy (non-hydrogen) atoms. The molecule has 2 rings (SSSR count). The molecule has 0 atom stereocenters. The molecule has 0 radical (unpaired) electrons. The minimum Gasteiger partial charge on any atom is -0.504 e. The van der Waals surface area contributed by atoms with Crippen LogP contribution in [0.15, 0.2) is 18.2 Å². The van der Waals surface area contributed by atoms with E-state index in [0.717, 1.165) is 31.5 Å². The number of nitrogens with one attached hydrogen (secondary N) is 1. The Morgan fingerprint density at radius 2 is 2.10 bits per heavy atom. The molecule has 1 aromatic rings. The number of hydrogen-bond acceptors (Lipinski definition) is 4. The van der Waals surface area contributed by atoms with Gasteiger partial charge in [-0.2, -0.15) is 0 Å². The van der Waals surface area contributed by atoms with Crippen molar-refractivity contribution in [3.8, 4) is 11.5 Å². The number of nitrogens with zero attached hydrogens (tertiary/aromatic N) is 1. The zero-order valence-electron chi connectivity index (χ0n) is 12.5. The van der Waals surface area contributed by atoms with E-state index >= 15 is 0 Å². The fourth-order valence-corrected chi connectivity index (χ4v) is 2.55. The first-order valence-electron chi connectivity index (χ1n) is 6.93. The van der Waals surface area contributed by atoms with Crippen molar-refractivity contribution in [3.05, 3.63) is 23.8 Å². The molecule has 1 aliphatic heterocycles. The van der Waals surface area contributed by atoms with Gasteiger partial charge >= 0.3 is 0 Å². The lowest BCUT2D eigenvalue weighted by Crippen LogP contribution is -2.38. The van der Waals surface area contributed by atoms with Crippen molar-refractivity contribution in [2.24, 2.45) is 5.92 Å². The highest BCUT2D eigenvalue weighted by molar-refractivity contribution is 5.85. The Morgan fingerprint density at radius 1 is 1.43 bits per heavy atom. The lowest BCUT2D eigenvalue weighted by atomic mass is 9.96. The number of ether oxygens (including phenoxy) is 1. The third-order valence-corrected chi connectivity index (χ3v) is 3.73. The van der Waals surface area contributed by atoms with Gasteiger partial charge in [-0.25, -0.2) is 0 Å². The normalized spacial score (nSPS) is 15.1. The topological polar surface area (TPSA) is 61.8 Å². The average Bonchev–Trinajstić information content (AvgIpc) is 2.49. The molecule has 5 nitrogen and oxygen atoms in total. The fraction of sp³-hybridized carbons (Fsp3) is 0.533. The number of rotatable bonds is 4. The maximum absolute atomic E-state index is 12.3. The van der Waals surface area contributed by atoms with Crippen LogP contribution < -0.4 is 10.1 Å². The van der Waals surface area contributed by atoms with Gasteiger partial charge in [0.25, 0.3) is 0 Å². The molecule has 0 aromatic heterocycles. The van der Waals surface area contributed by atoms with Crippen LogP contribution in [0.3, 0.4) is 0 Å². The molecule has 0 bridgehead atoms. The van der Waals surface area contributed by atoms with Gasteiger partial charge in [0, 0.05) is 19.5 Å². The smallest absolute Gasteiger partial charge is 0.225 e. The second-order valence-electron chi connectivity index (χ2n) is 5.22. The SMILES string of the molecule is COc1cc(CN(C)C(=O)C2CCNCC2)ccc1O.Cl. The zero-order valence-corrected chi connectivity index (χ0v) is 13.3. The first-order chi connectivity index (χ1) is 9.61. The molecule has 6 heteroatoms. The summed E-state index contributed by atoms with van der Waals surface area (Å²) in [6, 6.07) is 5.17. The number of piperidine rings is 1. The quantitative estimate of drug-likeness (QED) is 0.889. The average molecular weight is 315 g/mol. The number of benzene rings is 1. The summed E-state index contributed by atoms with van der Waals surface area (Å²) in [7, 11) is 3.34. The molecule has 1 aliphatic rings. The van der Waals surface area contributed by atoms with Gasteiger partial charge in [0.2, 0.25) is 5.91 Å². The molecule has 118 valence electrons. The number of halogens is 1. The van der Waals surface area contributed by atoms with E-state index in [1.54, 1.807) is 17.0 Å². The molecular formula is C15H23ClN2O3. The molecular weight excluding hydrogens is 292 g/mol. The van der Waals surface area contributed by atoms with Crippen molar-refractivity contribution >= 4 is 18.3 Å². The summed E-state index contributed by atoms with van der Waals surface area (Å²) in [5.74, 6) is 0.868. The number of amides is 1. The first-order valence-corrected chi connectivity index (χ1v) is 6.93. The van der Waals surface area contributed by atoms with Crippen molar-refractivity contribution < 1.29 is 14.6 Å². The fourth-order valence-electron chi connectivity index (χ4n) is 2.55. The number of hydrogen-bond donors (Lipinski definition) is 2. The van der Waals surface area contributed by atoms with E-state index in [1.807, 2.05) is 13.1 Å². The lowest BCUT2D eigenvalue weighted by Gasteiger charge is -2.27. The van der Waals surface area contributed by atoms with Crippen LogP contribution in [0.4, 0.5) is 0 Å². The molecule has 1 aromatic carbocycles. The van der Waals surface area contributed by atoms with Crippen molar-refractivity contribution in [3.63, 3.8) is 0 Å². The molecule has 0 aliphatic carbocycles. The zero-order chi connectivity index (χ0) is 14.5.